The molecular formula is C19H24ClN3O2. The molecular weight excluding hydrogens is 338 g/mol. The van der Waals surface area contributed by atoms with Gasteiger partial charge in [-0.3, -0.25) is 4.90 Å². The second-order valence-corrected chi connectivity index (χ2v) is 6.70. The van der Waals surface area contributed by atoms with Crippen molar-refractivity contribution in [2.75, 3.05) is 50.0 Å². The summed E-state index contributed by atoms with van der Waals surface area (Å²) in [4.78, 5) is 4.59. The first-order chi connectivity index (χ1) is 12.1. The molecule has 3 N–H and O–H groups in total. The van der Waals surface area contributed by atoms with E-state index in [2.05, 4.69) is 9.80 Å². The quantitative estimate of drug-likeness (QED) is 0.774. The zero-order valence-electron chi connectivity index (χ0n) is 14.1. The number of rotatable bonds is 6. The topological polar surface area (TPSA) is 62.0 Å². The van der Waals surface area contributed by atoms with Gasteiger partial charge in [-0.1, -0.05) is 23.7 Å². The molecule has 25 heavy (non-hydrogen) atoms. The first-order valence-electron chi connectivity index (χ1n) is 8.50. The van der Waals surface area contributed by atoms with E-state index in [-0.39, 0.29) is 6.61 Å². The number of ether oxygens (including phenoxy) is 1. The molecule has 134 valence electrons. The summed E-state index contributed by atoms with van der Waals surface area (Å²) in [5, 5.41) is 11.0. The molecule has 6 heteroatoms. The Morgan fingerprint density at radius 3 is 2.40 bits per heavy atom. The summed E-state index contributed by atoms with van der Waals surface area (Å²) in [5.41, 5.74) is 7.62. The second-order valence-electron chi connectivity index (χ2n) is 6.27. The lowest BCUT2D eigenvalue weighted by Gasteiger charge is -2.36. The standard InChI is InChI=1S/C19H24ClN3O2/c20-15-5-7-16(8-6-15)23-11-9-22(10-12-23)13-17(24)14-25-19-4-2-1-3-18(19)21/h1-8,17,24H,9-14,21H2. The summed E-state index contributed by atoms with van der Waals surface area (Å²) < 4.78 is 5.62. The van der Waals surface area contributed by atoms with E-state index in [1.165, 1.54) is 5.69 Å². The van der Waals surface area contributed by atoms with Gasteiger partial charge in [0.25, 0.3) is 0 Å². The Morgan fingerprint density at radius 1 is 1.04 bits per heavy atom. The highest BCUT2D eigenvalue weighted by atomic mass is 35.5. The largest absolute Gasteiger partial charge is 0.489 e. The molecule has 1 fully saturated rings. The molecule has 5 nitrogen and oxygen atoms in total. The molecule has 1 heterocycles. The van der Waals surface area contributed by atoms with E-state index in [1.807, 2.05) is 42.5 Å². The van der Waals surface area contributed by atoms with Gasteiger partial charge in [-0.05, 0) is 36.4 Å². The molecule has 0 aromatic heterocycles. The Morgan fingerprint density at radius 2 is 1.72 bits per heavy atom. The summed E-state index contributed by atoms with van der Waals surface area (Å²) >= 11 is 5.94. The van der Waals surface area contributed by atoms with Crippen molar-refractivity contribution in [3.63, 3.8) is 0 Å². The molecule has 1 atom stereocenters. The summed E-state index contributed by atoms with van der Waals surface area (Å²) in [7, 11) is 0. The van der Waals surface area contributed by atoms with Crippen LogP contribution in [0, 0.1) is 0 Å². The Balaban J connectivity index is 1.42. The van der Waals surface area contributed by atoms with E-state index in [0.29, 0.717) is 18.0 Å². The number of hydrogen-bond donors (Lipinski definition) is 2. The SMILES string of the molecule is Nc1ccccc1OCC(O)CN1CCN(c2ccc(Cl)cc2)CC1. The van der Waals surface area contributed by atoms with E-state index in [1.54, 1.807) is 6.07 Å². The van der Waals surface area contributed by atoms with Crippen molar-refractivity contribution in [3.8, 4) is 5.75 Å². The Labute approximate surface area is 153 Å². The molecule has 0 amide bonds. The van der Waals surface area contributed by atoms with Crippen molar-refractivity contribution in [2.45, 2.75) is 6.10 Å². The summed E-state index contributed by atoms with van der Waals surface area (Å²) in [6.45, 7) is 4.52. The number of anilines is 2. The number of halogens is 1. The van der Waals surface area contributed by atoms with Crippen molar-refractivity contribution >= 4 is 23.0 Å². The first kappa shape index (κ1) is 17.9. The number of nitrogen functional groups attached to an aromatic ring is 1. The number of aliphatic hydroxyl groups is 1. The van der Waals surface area contributed by atoms with Crippen LogP contribution in [0.2, 0.25) is 5.02 Å². The number of nitrogens with two attached hydrogens (primary N) is 1. The first-order valence-corrected chi connectivity index (χ1v) is 8.88. The van der Waals surface area contributed by atoms with Gasteiger partial charge in [-0.15, -0.1) is 0 Å². The molecule has 2 aromatic carbocycles. The number of β-amino-alcohol motifs (C(OH)–C–C–N with tert-alkyl or cyclic N) is 1. The number of nitrogens with zero attached hydrogens (tertiary/aromatic N) is 2. The maximum atomic E-state index is 10.2. The molecule has 2 aromatic rings. The van der Waals surface area contributed by atoms with Crippen LogP contribution in [0.15, 0.2) is 48.5 Å². The molecule has 1 aliphatic rings. The van der Waals surface area contributed by atoms with Gasteiger partial charge in [0.15, 0.2) is 0 Å². The third-order valence-corrected chi connectivity index (χ3v) is 4.64. The number of aliphatic hydroxyl groups excluding tert-OH is 1. The van der Waals surface area contributed by atoms with Gasteiger partial charge in [-0.25, -0.2) is 0 Å². The molecule has 0 aliphatic carbocycles. The van der Waals surface area contributed by atoms with E-state index >= 15 is 0 Å². The highest BCUT2D eigenvalue weighted by Gasteiger charge is 2.20. The van der Waals surface area contributed by atoms with Gasteiger partial charge in [0, 0.05) is 43.4 Å². The van der Waals surface area contributed by atoms with Crippen LogP contribution in [0.3, 0.4) is 0 Å². The van der Waals surface area contributed by atoms with E-state index in [9.17, 15) is 5.11 Å². The van der Waals surface area contributed by atoms with Crippen LogP contribution in [0.4, 0.5) is 11.4 Å². The molecule has 1 aliphatic heterocycles. The third kappa shape index (κ3) is 5.01. The molecule has 1 unspecified atom stereocenters. The van der Waals surface area contributed by atoms with E-state index in [0.717, 1.165) is 31.2 Å². The van der Waals surface area contributed by atoms with Crippen molar-refractivity contribution in [2.24, 2.45) is 0 Å². The van der Waals surface area contributed by atoms with Gasteiger partial charge >= 0.3 is 0 Å². The molecule has 0 radical (unpaired) electrons. The summed E-state index contributed by atoms with van der Waals surface area (Å²) in [6, 6.07) is 15.3. The Hall–Kier alpha value is -1.95. The van der Waals surface area contributed by atoms with Crippen LogP contribution >= 0.6 is 11.6 Å². The summed E-state index contributed by atoms with van der Waals surface area (Å²) in [6.07, 6.45) is -0.540. The van der Waals surface area contributed by atoms with Gasteiger partial charge in [-0.2, -0.15) is 0 Å². The predicted octanol–water partition coefficient (Wildman–Crippen LogP) is 2.48. The number of piperazine rings is 1. The monoisotopic (exact) mass is 361 g/mol. The summed E-state index contributed by atoms with van der Waals surface area (Å²) in [5.74, 6) is 0.620. The van der Waals surface area contributed by atoms with Crippen molar-refractivity contribution in [3.05, 3.63) is 53.6 Å². The maximum absolute atomic E-state index is 10.2. The van der Waals surface area contributed by atoms with Crippen LogP contribution in [-0.4, -0.2) is 55.4 Å². The fourth-order valence-corrected chi connectivity index (χ4v) is 3.12. The lowest BCUT2D eigenvalue weighted by Crippen LogP contribution is -2.49. The average Bonchev–Trinajstić information content (AvgIpc) is 2.62. The predicted molar refractivity (Wildman–Crippen MR) is 102 cm³/mol. The number of hydrogen-bond acceptors (Lipinski definition) is 5. The fraction of sp³-hybridized carbons (Fsp3) is 0.368. The van der Waals surface area contributed by atoms with Crippen LogP contribution in [0.5, 0.6) is 5.75 Å². The van der Waals surface area contributed by atoms with E-state index in [4.69, 9.17) is 22.1 Å². The van der Waals surface area contributed by atoms with Crippen LogP contribution < -0.4 is 15.4 Å². The highest BCUT2D eigenvalue weighted by molar-refractivity contribution is 6.30. The van der Waals surface area contributed by atoms with Crippen LogP contribution in [0.1, 0.15) is 0 Å². The molecule has 1 saturated heterocycles. The minimum Gasteiger partial charge on any atom is -0.489 e. The second kappa shape index (κ2) is 8.43. The van der Waals surface area contributed by atoms with Crippen molar-refractivity contribution in [1.29, 1.82) is 0 Å². The lowest BCUT2D eigenvalue weighted by atomic mass is 10.2. The number of benzene rings is 2. The zero-order chi connectivity index (χ0) is 17.6. The molecule has 0 bridgehead atoms. The van der Waals surface area contributed by atoms with Crippen molar-refractivity contribution < 1.29 is 9.84 Å². The Kier molecular flexibility index (Phi) is 6.02. The third-order valence-electron chi connectivity index (χ3n) is 4.38. The lowest BCUT2D eigenvalue weighted by molar-refractivity contribution is 0.0666. The minimum atomic E-state index is -0.540. The zero-order valence-corrected chi connectivity index (χ0v) is 14.9. The molecule has 0 spiro atoms. The molecule has 3 rings (SSSR count). The highest BCUT2D eigenvalue weighted by Crippen LogP contribution is 2.21. The van der Waals surface area contributed by atoms with Gasteiger partial charge in [0.2, 0.25) is 0 Å². The van der Waals surface area contributed by atoms with Crippen LogP contribution in [0.25, 0.3) is 0 Å². The number of para-hydroxylation sites is 2. The van der Waals surface area contributed by atoms with Crippen LogP contribution in [-0.2, 0) is 0 Å². The van der Waals surface area contributed by atoms with Crippen molar-refractivity contribution in [1.82, 2.24) is 4.90 Å². The normalized spacial score (nSPS) is 16.6. The van der Waals surface area contributed by atoms with Gasteiger partial charge < -0.3 is 20.5 Å². The van der Waals surface area contributed by atoms with Gasteiger partial charge in [0.05, 0.1) is 5.69 Å². The van der Waals surface area contributed by atoms with E-state index < -0.39 is 6.10 Å². The maximum Gasteiger partial charge on any atom is 0.142 e. The smallest absolute Gasteiger partial charge is 0.142 e. The minimum absolute atomic E-state index is 0.242. The Bertz CT molecular complexity index is 673. The average molecular weight is 362 g/mol. The van der Waals surface area contributed by atoms with Gasteiger partial charge in [0.1, 0.15) is 18.5 Å². The fourth-order valence-electron chi connectivity index (χ4n) is 2.99. The molecule has 0 saturated carbocycles.